The van der Waals surface area contributed by atoms with Crippen LogP contribution >= 0.6 is 0 Å². The molecule has 0 N–H and O–H groups in total. The first-order chi connectivity index (χ1) is 13.4. The van der Waals surface area contributed by atoms with Gasteiger partial charge >= 0.3 is 11.2 Å². The van der Waals surface area contributed by atoms with Crippen LogP contribution in [0.25, 0.3) is 0 Å². The molecule has 0 aromatic rings. The second-order valence-corrected chi connectivity index (χ2v) is 13.1. The number of alkyl halides is 2. The van der Waals surface area contributed by atoms with E-state index in [0.29, 0.717) is 23.7 Å². The fraction of sp³-hybridized carbons (Fsp3) is 0.955. The highest BCUT2D eigenvalue weighted by atomic mass is 32.2. The number of sulfone groups is 1. The Morgan fingerprint density at radius 2 is 1.69 bits per heavy atom. The maximum atomic E-state index is 14.6. The number of hydrogen-bond donors (Lipinski definition) is 0. The molecule has 4 bridgehead atoms. The Kier molecular flexibility index (Phi) is 6.14. The maximum Gasteiger partial charge on any atom is 0.440 e. The van der Waals surface area contributed by atoms with Gasteiger partial charge in [-0.15, -0.1) is 0 Å². The topological polar surface area (TPSA) is 60.4 Å². The van der Waals surface area contributed by atoms with Crippen LogP contribution < -0.4 is 0 Å². The Bertz CT molecular complexity index is 715. The van der Waals surface area contributed by atoms with E-state index in [9.17, 15) is 22.0 Å². The highest BCUT2D eigenvalue weighted by Gasteiger charge is 2.61. The molecule has 4 aliphatic rings. The van der Waals surface area contributed by atoms with E-state index in [-0.39, 0.29) is 18.4 Å². The average Bonchev–Trinajstić information content (AvgIpc) is 2.64. The van der Waals surface area contributed by atoms with Crippen molar-refractivity contribution < 1.29 is 26.7 Å². The van der Waals surface area contributed by atoms with Crippen LogP contribution in [-0.4, -0.2) is 31.0 Å². The predicted octanol–water partition coefficient (Wildman–Crippen LogP) is 5.36. The molecule has 0 radical (unpaired) electrons. The molecule has 0 aromatic heterocycles. The van der Waals surface area contributed by atoms with E-state index < -0.39 is 25.8 Å². The summed E-state index contributed by atoms with van der Waals surface area (Å²) in [7, 11) is -4.99. The minimum Gasteiger partial charge on any atom is -0.460 e. The van der Waals surface area contributed by atoms with E-state index in [1.165, 1.54) is 52.9 Å². The van der Waals surface area contributed by atoms with E-state index in [2.05, 4.69) is 6.92 Å². The fourth-order valence-corrected chi connectivity index (χ4v) is 7.69. The van der Waals surface area contributed by atoms with Gasteiger partial charge in [0.15, 0.2) is 0 Å². The molecule has 7 heteroatoms. The Morgan fingerprint density at radius 3 is 2.21 bits per heavy atom. The largest absolute Gasteiger partial charge is 0.460 e. The van der Waals surface area contributed by atoms with Crippen LogP contribution in [0.2, 0.25) is 0 Å². The third-order valence-corrected chi connectivity index (χ3v) is 10.7. The molecule has 0 amide bonds. The highest BCUT2D eigenvalue weighted by Crippen LogP contribution is 2.63. The lowest BCUT2D eigenvalue weighted by atomic mass is 9.46. The third kappa shape index (κ3) is 3.85. The number of hydrogen-bond acceptors (Lipinski definition) is 4. The molecule has 4 saturated carbocycles. The van der Waals surface area contributed by atoms with Crippen molar-refractivity contribution in [2.45, 2.75) is 95.5 Å². The van der Waals surface area contributed by atoms with Gasteiger partial charge in [0, 0.05) is 5.41 Å². The Balaban J connectivity index is 1.68. The molecule has 4 nitrogen and oxygen atoms in total. The molecule has 168 valence electrons. The van der Waals surface area contributed by atoms with Crippen LogP contribution in [0.4, 0.5) is 8.78 Å². The van der Waals surface area contributed by atoms with Crippen molar-refractivity contribution in [3.63, 3.8) is 0 Å². The van der Waals surface area contributed by atoms with Gasteiger partial charge < -0.3 is 4.74 Å². The SMILES string of the molecule is CCCCC1C2CC3CC1CC(COC(=O)C(F)(F)S(=O)(=O)C(C)(C)CC)(C3)C2. The van der Waals surface area contributed by atoms with Gasteiger partial charge in [-0.2, -0.15) is 8.78 Å². The highest BCUT2D eigenvalue weighted by molar-refractivity contribution is 7.94. The molecule has 4 rings (SSSR count). The number of rotatable bonds is 9. The first kappa shape index (κ1) is 23.0. The molecular formula is C22H36F2O4S. The summed E-state index contributed by atoms with van der Waals surface area (Å²) in [5.41, 5.74) is -0.241. The number of esters is 1. The summed E-state index contributed by atoms with van der Waals surface area (Å²) in [6.45, 7) is 6.08. The predicted molar refractivity (Wildman–Crippen MR) is 108 cm³/mol. The van der Waals surface area contributed by atoms with Crippen LogP contribution in [0.1, 0.15) is 85.5 Å². The minimum atomic E-state index is -4.99. The summed E-state index contributed by atoms with van der Waals surface area (Å²) < 4.78 is 57.2. The standard InChI is InChI=1S/C22H36F2O4S/c1-5-7-8-18-16-9-15-10-17(18)13-21(11-15,12-16)14-28-19(25)22(23,24)29(26,27)20(3,4)6-2/h15-18H,5-14H2,1-4H3. The Labute approximate surface area is 174 Å². The molecule has 4 fully saturated rings. The monoisotopic (exact) mass is 434 g/mol. The van der Waals surface area contributed by atoms with Crippen LogP contribution in [-0.2, 0) is 19.4 Å². The lowest BCUT2D eigenvalue weighted by Gasteiger charge is -2.60. The Morgan fingerprint density at radius 1 is 1.10 bits per heavy atom. The summed E-state index contributed by atoms with van der Waals surface area (Å²) in [5.74, 6) is 0.580. The van der Waals surface area contributed by atoms with E-state index in [1.54, 1.807) is 0 Å². The van der Waals surface area contributed by atoms with E-state index in [1.807, 2.05) is 0 Å². The van der Waals surface area contributed by atoms with Crippen molar-refractivity contribution in [3.05, 3.63) is 0 Å². The fourth-order valence-electron chi connectivity index (χ4n) is 6.34. The quantitative estimate of drug-likeness (QED) is 0.459. The molecule has 0 spiro atoms. The molecule has 2 atom stereocenters. The van der Waals surface area contributed by atoms with E-state index >= 15 is 0 Å². The summed E-state index contributed by atoms with van der Waals surface area (Å²) in [5, 5.41) is -4.52. The Hall–Kier alpha value is -0.720. The van der Waals surface area contributed by atoms with Gasteiger partial charge in [-0.1, -0.05) is 26.7 Å². The van der Waals surface area contributed by atoms with Crippen LogP contribution in [0.15, 0.2) is 0 Å². The molecule has 0 aliphatic heterocycles. The second kappa shape index (κ2) is 7.76. The van der Waals surface area contributed by atoms with Crippen molar-refractivity contribution >= 4 is 15.8 Å². The first-order valence-electron chi connectivity index (χ1n) is 11.2. The van der Waals surface area contributed by atoms with Crippen LogP contribution in [0, 0.1) is 29.1 Å². The minimum absolute atomic E-state index is 0.00761. The molecule has 0 saturated heterocycles. The van der Waals surface area contributed by atoms with Gasteiger partial charge in [0.05, 0.1) is 11.4 Å². The first-order valence-corrected chi connectivity index (χ1v) is 12.7. The van der Waals surface area contributed by atoms with E-state index in [4.69, 9.17) is 4.74 Å². The molecule has 4 aliphatic carbocycles. The zero-order valence-electron chi connectivity index (χ0n) is 18.2. The number of halogens is 2. The molecule has 0 heterocycles. The zero-order chi connectivity index (χ0) is 21.7. The van der Waals surface area contributed by atoms with Crippen LogP contribution in [0.3, 0.4) is 0 Å². The lowest BCUT2D eigenvalue weighted by Crippen LogP contribution is -2.54. The number of ether oxygens (including phenoxy) is 1. The number of carbonyl (C=O) groups excluding carboxylic acids is 1. The molecule has 2 unspecified atom stereocenters. The van der Waals surface area contributed by atoms with Gasteiger partial charge in [0.25, 0.3) is 0 Å². The molecular weight excluding hydrogens is 398 g/mol. The lowest BCUT2D eigenvalue weighted by molar-refractivity contribution is -0.175. The smallest absolute Gasteiger partial charge is 0.440 e. The normalized spacial score (nSPS) is 34.4. The molecule has 0 aromatic carbocycles. The summed E-state index contributed by atoms with van der Waals surface area (Å²) in [4.78, 5) is 12.2. The van der Waals surface area contributed by atoms with Crippen molar-refractivity contribution in [1.82, 2.24) is 0 Å². The van der Waals surface area contributed by atoms with Crippen molar-refractivity contribution in [2.75, 3.05) is 6.61 Å². The summed E-state index contributed by atoms with van der Waals surface area (Å²) in [6.07, 6.45) is 8.78. The average molecular weight is 435 g/mol. The summed E-state index contributed by atoms with van der Waals surface area (Å²) in [6, 6.07) is 0. The van der Waals surface area contributed by atoms with Crippen molar-refractivity contribution in [3.8, 4) is 0 Å². The zero-order valence-corrected chi connectivity index (χ0v) is 19.0. The van der Waals surface area contributed by atoms with Gasteiger partial charge in [-0.25, -0.2) is 13.2 Å². The molecule has 29 heavy (non-hydrogen) atoms. The maximum absolute atomic E-state index is 14.6. The third-order valence-electron chi connectivity index (χ3n) is 8.15. The van der Waals surface area contributed by atoms with Crippen molar-refractivity contribution in [1.29, 1.82) is 0 Å². The van der Waals surface area contributed by atoms with Gasteiger partial charge in [-0.05, 0) is 82.5 Å². The van der Waals surface area contributed by atoms with E-state index in [0.717, 1.165) is 19.3 Å². The van der Waals surface area contributed by atoms with Crippen molar-refractivity contribution in [2.24, 2.45) is 29.1 Å². The summed E-state index contributed by atoms with van der Waals surface area (Å²) >= 11 is 0. The number of carbonyl (C=O) groups is 1. The van der Waals surface area contributed by atoms with Gasteiger partial charge in [0.2, 0.25) is 9.84 Å². The second-order valence-electron chi connectivity index (χ2n) is 10.5. The van der Waals surface area contributed by atoms with Gasteiger partial charge in [0.1, 0.15) is 0 Å². The van der Waals surface area contributed by atoms with Gasteiger partial charge in [-0.3, -0.25) is 0 Å². The number of unbranched alkanes of at least 4 members (excludes halogenated alkanes) is 1. The van der Waals surface area contributed by atoms with Crippen LogP contribution in [0.5, 0.6) is 0 Å².